The lowest BCUT2D eigenvalue weighted by Gasteiger charge is -2.08. The van der Waals surface area contributed by atoms with Crippen molar-refractivity contribution in [2.45, 2.75) is 19.9 Å². The number of rotatable bonds is 3. The van der Waals surface area contributed by atoms with Gasteiger partial charge in [0.2, 0.25) is 5.95 Å². The molecule has 1 N–H and O–H groups in total. The summed E-state index contributed by atoms with van der Waals surface area (Å²) in [4.78, 5) is 12.7. The molecule has 0 aliphatic carbocycles. The average molecular weight is 216 g/mol. The van der Waals surface area contributed by atoms with E-state index in [9.17, 15) is 0 Å². The number of pyridine rings is 1. The van der Waals surface area contributed by atoms with Crippen molar-refractivity contribution >= 4 is 5.95 Å². The summed E-state index contributed by atoms with van der Waals surface area (Å²) in [6.07, 6.45) is 5.29. The lowest BCUT2D eigenvalue weighted by molar-refractivity contribution is 0.875. The van der Waals surface area contributed by atoms with Gasteiger partial charge in [0.15, 0.2) is 0 Å². The first-order valence-corrected chi connectivity index (χ1v) is 5.25. The monoisotopic (exact) mass is 216 g/mol. The van der Waals surface area contributed by atoms with Crippen molar-refractivity contribution in [2.24, 2.45) is 0 Å². The molecule has 0 saturated heterocycles. The molecular weight excluding hydrogens is 200 g/mol. The van der Waals surface area contributed by atoms with Gasteiger partial charge in [0, 0.05) is 31.6 Å². The van der Waals surface area contributed by atoms with Crippen LogP contribution in [0.2, 0.25) is 0 Å². The minimum atomic E-state index is 0. The maximum Gasteiger partial charge on any atom is 0.223 e. The smallest absolute Gasteiger partial charge is 0.223 e. The fourth-order valence-electron chi connectivity index (χ4n) is 1.36. The molecule has 4 heteroatoms. The van der Waals surface area contributed by atoms with Crippen LogP contribution in [0.1, 0.15) is 15.3 Å². The Morgan fingerprint density at radius 1 is 1.25 bits per heavy atom. The Balaban J connectivity index is 0.00000144. The van der Waals surface area contributed by atoms with Crippen LogP contribution in [0.3, 0.4) is 0 Å². The first-order valence-electron chi connectivity index (χ1n) is 5.25. The van der Waals surface area contributed by atoms with Crippen LogP contribution >= 0.6 is 0 Å². The predicted molar refractivity (Wildman–Crippen MR) is 66.1 cm³/mol. The van der Waals surface area contributed by atoms with Gasteiger partial charge >= 0.3 is 0 Å². The third kappa shape index (κ3) is 2.53. The Labute approximate surface area is 96.3 Å². The molecule has 4 nitrogen and oxygen atoms in total. The van der Waals surface area contributed by atoms with E-state index in [0.717, 1.165) is 11.3 Å². The summed E-state index contributed by atoms with van der Waals surface area (Å²) in [6, 6.07) is 6.08. The van der Waals surface area contributed by atoms with Crippen molar-refractivity contribution in [3.05, 3.63) is 36.8 Å². The maximum atomic E-state index is 4.42. The van der Waals surface area contributed by atoms with Gasteiger partial charge in [-0.15, -0.1) is 0 Å². The van der Waals surface area contributed by atoms with Crippen molar-refractivity contribution in [2.75, 3.05) is 5.32 Å². The molecule has 16 heavy (non-hydrogen) atoms. The molecule has 2 heterocycles. The third-order valence-corrected chi connectivity index (χ3v) is 2.03. The van der Waals surface area contributed by atoms with Crippen molar-refractivity contribution in [1.29, 1.82) is 0 Å². The second-order valence-corrected chi connectivity index (χ2v) is 3.81. The summed E-state index contributed by atoms with van der Waals surface area (Å²) < 4.78 is 0. The van der Waals surface area contributed by atoms with Crippen LogP contribution in [0.15, 0.2) is 36.8 Å². The SMILES string of the molecule is CC(C)Nc1nccc(-c2cccnc2)n1.[HH]. The van der Waals surface area contributed by atoms with E-state index in [1.165, 1.54) is 0 Å². The molecule has 0 radical (unpaired) electrons. The Morgan fingerprint density at radius 3 is 2.81 bits per heavy atom. The lowest BCUT2D eigenvalue weighted by Crippen LogP contribution is -2.12. The first kappa shape index (κ1) is 10.5. The standard InChI is InChI=1S/C12H14N4.H2/c1-9(2)15-12-14-7-5-11(16-12)10-4-3-6-13-8-10;/h3-9H,1-2H3,(H,14,15,16);1H. The van der Waals surface area contributed by atoms with E-state index in [1.54, 1.807) is 18.6 Å². The van der Waals surface area contributed by atoms with Gasteiger partial charge in [0.05, 0.1) is 5.69 Å². The quantitative estimate of drug-likeness (QED) is 0.856. The molecule has 0 aliphatic rings. The topological polar surface area (TPSA) is 50.7 Å². The number of hydrogen-bond donors (Lipinski definition) is 1. The number of aromatic nitrogens is 3. The molecule has 0 atom stereocenters. The zero-order valence-corrected chi connectivity index (χ0v) is 9.38. The van der Waals surface area contributed by atoms with Crippen molar-refractivity contribution in [1.82, 2.24) is 15.0 Å². The first-order chi connectivity index (χ1) is 7.75. The fraction of sp³-hybridized carbons (Fsp3) is 0.250. The van der Waals surface area contributed by atoms with Crippen molar-refractivity contribution < 1.29 is 1.43 Å². The van der Waals surface area contributed by atoms with Crippen LogP contribution in [0.25, 0.3) is 11.3 Å². The Hall–Kier alpha value is -1.97. The van der Waals surface area contributed by atoms with E-state index >= 15 is 0 Å². The summed E-state index contributed by atoms with van der Waals surface area (Å²) in [5, 5.41) is 3.17. The second-order valence-electron chi connectivity index (χ2n) is 3.81. The molecule has 2 aromatic heterocycles. The highest BCUT2D eigenvalue weighted by Crippen LogP contribution is 2.15. The van der Waals surface area contributed by atoms with Gasteiger partial charge in [-0.1, -0.05) is 0 Å². The van der Waals surface area contributed by atoms with Gasteiger partial charge < -0.3 is 5.32 Å². The van der Waals surface area contributed by atoms with Crippen LogP contribution in [0, 0.1) is 0 Å². The number of nitrogens with one attached hydrogen (secondary N) is 1. The molecule has 0 aliphatic heterocycles. The van der Waals surface area contributed by atoms with Crippen LogP contribution < -0.4 is 5.32 Å². The van der Waals surface area contributed by atoms with Crippen molar-refractivity contribution in [3.63, 3.8) is 0 Å². The van der Waals surface area contributed by atoms with Gasteiger partial charge in [-0.05, 0) is 32.0 Å². The molecule has 0 bridgehead atoms. The lowest BCUT2D eigenvalue weighted by atomic mass is 10.2. The minimum absolute atomic E-state index is 0. The largest absolute Gasteiger partial charge is 0.352 e. The highest BCUT2D eigenvalue weighted by Gasteiger charge is 2.02. The summed E-state index contributed by atoms with van der Waals surface area (Å²) in [6.45, 7) is 4.11. The van der Waals surface area contributed by atoms with Gasteiger partial charge in [-0.25, -0.2) is 9.97 Å². The summed E-state index contributed by atoms with van der Waals surface area (Å²) in [5.41, 5.74) is 1.88. The van der Waals surface area contributed by atoms with E-state index in [0.29, 0.717) is 12.0 Å². The van der Waals surface area contributed by atoms with Crippen LogP contribution in [-0.2, 0) is 0 Å². The zero-order valence-electron chi connectivity index (χ0n) is 9.38. The van der Waals surface area contributed by atoms with E-state index < -0.39 is 0 Å². The third-order valence-electron chi connectivity index (χ3n) is 2.03. The minimum Gasteiger partial charge on any atom is -0.352 e. The molecule has 2 aromatic rings. The Bertz CT molecular complexity index is 459. The normalized spacial score (nSPS) is 10.4. The zero-order chi connectivity index (χ0) is 11.4. The highest BCUT2D eigenvalue weighted by molar-refractivity contribution is 5.58. The van der Waals surface area contributed by atoms with E-state index in [4.69, 9.17) is 0 Å². The van der Waals surface area contributed by atoms with Gasteiger partial charge in [-0.2, -0.15) is 0 Å². The molecule has 2 rings (SSSR count). The maximum absolute atomic E-state index is 4.42. The number of nitrogens with zero attached hydrogens (tertiary/aromatic N) is 3. The molecule has 0 fully saturated rings. The molecule has 84 valence electrons. The molecular formula is C12H16N4. The highest BCUT2D eigenvalue weighted by atomic mass is 15.1. The number of hydrogen-bond acceptors (Lipinski definition) is 4. The van der Waals surface area contributed by atoms with Gasteiger partial charge in [0.1, 0.15) is 0 Å². The van der Waals surface area contributed by atoms with Crippen LogP contribution in [0.4, 0.5) is 5.95 Å². The predicted octanol–water partition coefficient (Wildman–Crippen LogP) is 2.60. The van der Waals surface area contributed by atoms with E-state index in [1.807, 2.05) is 18.2 Å². The molecule has 0 saturated carbocycles. The van der Waals surface area contributed by atoms with E-state index in [2.05, 4.69) is 34.1 Å². The second kappa shape index (κ2) is 4.70. The summed E-state index contributed by atoms with van der Waals surface area (Å²) >= 11 is 0. The molecule has 0 unspecified atom stereocenters. The Morgan fingerprint density at radius 2 is 2.12 bits per heavy atom. The molecule has 0 spiro atoms. The van der Waals surface area contributed by atoms with Gasteiger partial charge in [-0.3, -0.25) is 4.98 Å². The van der Waals surface area contributed by atoms with Crippen LogP contribution in [0.5, 0.6) is 0 Å². The van der Waals surface area contributed by atoms with E-state index in [-0.39, 0.29) is 1.43 Å². The van der Waals surface area contributed by atoms with Crippen molar-refractivity contribution in [3.8, 4) is 11.3 Å². The fourth-order valence-corrected chi connectivity index (χ4v) is 1.36. The molecule has 0 amide bonds. The van der Waals surface area contributed by atoms with Crippen LogP contribution in [-0.4, -0.2) is 21.0 Å². The average Bonchev–Trinajstić information content (AvgIpc) is 2.30. The molecule has 0 aromatic carbocycles. The number of anilines is 1. The summed E-state index contributed by atoms with van der Waals surface area (Å²) in [7, 11) is 0. The summed E-state index contributed by atoms with van der Waals surface area (Å²) in [5.74, 6) is 0.649. The van der Waals surface area contributed by atoms with Gasteiger partial charge in [0.25, 0.3) is 0 Å². The Kier molecular flexibility index (Phi) is 3.10.